The molecule has 3 aromatic rings. The van der Waals surface area contributed by atoms with Crippen LogP contribution in [-0.4, -0.2) is 16.7 Å². The molecule has 3 rings (SSSR count). The number of methoxy groups -OCH3 is 1. The summed E-state index contributed by atoms with van der Waals surface area (Å²) in [6.45, 7) is 2.70. The zero-order valence-electron chi connectivity index (χ0n) is 14.7. The average Bonchev–Trinajstić information content (AvgIpc) is 3.03. The molecule has 4 nitrogen and oxygen atoms in total. The van der Waals surface area contributed by atoms with Crippen molar-refractivity contribution in [3.8, 4) is 5.75 Å². The van der Waals surface area contributed by atoms with Crippen molar-refractivity contribution in [1.82, 2.24) is 14.9 Å². The quantitative estimate of drug-likeness (QED) is 0.717. The van der Waals surface area contributed by atoms with Gasteiger partial charge in [-0.2, -0.15) is 0 Å². The minimum absolute atomic E-state index is 0.111. The monoisotopic (exact) mass is 355 g/mol. The van der Waals surface area contributed by atoms with Gasteiger partial charge in [0.15, 0.2) is 0 Å². The van der Waals surface area contributed by atoms with E-state index < -0.39 is 0 Å². The summed E-state index contributed by atoms with van der Waals surface area (Å²) in [4.78, 5) is 4.51. The van der Waals surface area contributed by atoms with Gasteiger partial charge in [-0.3, -0.25) is 5.32 Å². The zero-order valence-corrected chi connectivity index (χ0v) is 15.4. The SMILES string of the molecule is COc1cc(C)ccc1CN[C@@H](c1ccccc1Cl)c1nccn1C. The number of aromatic nitrogens is 2. The molecule has 0 saturated heterocycles. The maximum atomic E-state index is 6.45. The first-order valence-corrected chi connectivity index (χ1v) is 8.56. The van der Waals surface area contributed by atoms with Crippen molar-refractivity contribution < 1.29 is 4.74 Å². The number of imidazole rings is 1. The van der Waals surface area contributed by atoms with Crippen LogP contribution in [0.15, 0.2) is 54.9 Å². The summed E-state index contributed by atoms with van der Waals surface area (Å²) in [6.07, 6.45) is 3.74. The Balaban J connectivity index is 1.92. The van der Waals surface area contributed by atoms with Crippen molar-refractivity contribution in [1.29, 1.82) is 0 Å². The lowest BCUT2D eigenvalue weighted by molar-refractivity contribution is 0.405. The summed E-state index contributed by atoms with van der Waals surface area (Å²) >= 11 is 6.45. The number of rotatable bonds is 6. The third-order valence-electron chi connectivity index (χ3n) is 4.27. The molecule has 130 valence electrons. The highest BCUT2D eigenvalue weighted by molar-refractivity contribution is 6.31. The Bertz CT molecular complexity index is 860. The summed E-state index contributed by atoms with van der Waals surface area (Å²) in [5.74, 6) is 1.80. The summed E-state index contributed by atoms with van der Waals surface area (Å²) < 4.78 is 7.52. The normalized spacial score (nSPS) is 12.2. The van der Waals surface area contributed by atoms with E-state index in [-0.39, 0.29) is 6.04 Å². The topological polar surface area (TPSA) is 39.1 Å². The van der Waals surface area contributed by atoms with Gasteiger partial charge in [-0.05, 0) is 30.2 Å². The van der Waals surface area contributed by atoms with Crippen molar-refractivity contribution in [3.05, 3.63) is 82.4 Å². The van der Waals surface area contributed by atoms with E-state index in [1.54, 1.807) is 13.3 Å². The van der Waals surface area contributed by atoms with Crippen LogP contribution < -0.4 is 10.1 Å². The maximum absolute atomic E-state index is 6.45. The van der Waals surface area contributed by atoms with Crippen LogP contribution in [0.5, 0.6) is 5.75 Å². The standard InChI is InChI=1S/C20H22ClN3O/c1-14-8-9-15(18(12-14)25-3)13-23-19(20-22-10-11-24(20)2)16-6-4-5-7-17(16)21/h4-12,19,23H,13H2,1-3H3/t19-/m0/s1. The molecule has 0 bridgehead atoms. The van der Waals surface area contributed by atoms with Crippen molar-refractivity contribution in [2.45, 2.75) is 19.5 Å². The van der Waals surface area contributed by atoms with Crippen LogP contribution in [0.2, 0.25) is 5.02 Å². The molecule has 0 spiro atoms. The highest BCUT2D eigenvalue weighted by Crippen LogP contribution is 2.28. The van der Waals surface area contributed by atoms with Crippen molar-refractivity contribution in [3.63, 3.8) is 0 Å². The molecule has 1 atom stereocenters. The van der Waals surface area contributed by atoms with Crippen LogP contribution >= 0.6 is 11.6 Å². The number of benzene rings is 2. The first kappa shape index (κ1) is 17.5. The Kier molecular flexibility index (Phi) is 5.41. The number of halogens is 1. The van der Waals surface area contributed by atoms with Crippen molar-refractivity contribution in [2.75, 3.05) is 7.11 Å². The van der Waals surface area contributed by atoms with Gasteiger partial charge >= 0.3 is 0 Å². The second kappa shape index (κ2) is 7.72. The van der Waals surface area contributed by atoms with Crippen LogP contribution in [0.1, 0.15) is 28.6 Å². The molecular weight excluding hydrogens is 334 g/mol. The molecule has 1 N–H and O–H groups in total. The summed E-state index contributed by atoms with van der Waals surface area (Å²) in [7, 11) is 3.68. The van der Waals surface area contributed by atoms with E-state index in [9.17, 15) is 0 Å². The second-order valence-electron chi connectivity index (χ2n) is 6.05. The largest absolute Gasteiger partial charge is 0.496 e. The Morgan fingerprint density at radius 3 is 2.72 bits per heavy atom. The Hall–Kier alpha value is -2.30. The Labute approximate surface area is 153 Å². The Morgan fingerprint density at radius 1 is 1.24 bits per heavy atom. The fourth-order valence-corrected chi connectivity index (χ4v) is 3.16. The van der Waals surface area contributed by atoms with E-state index in [4.69, 9.17) is 16.3 Å². The number of nitrogens with zero attached hydrogens (tertiary/aromatic N) is 2. The lowest BCUT2D eigenvalue weighted by Gasteiger charge is -2.21. The molecule has 0 fully saturated rings. The van der Waals surface area contributed by atoms with Gasteiger partial charge in [0.05, 0.1) is 13.2 Å². The number of hydrogen-bond acceptors (Lipinski definition) is 3. The van der Waals surface area contributed by atoms with Gasteiger partial charge in [0.25, 0.3) is 0 Å². The Morgan fingerprint density at radius 2 is 2.04 bits per heavy atom. The van der Waals surface area contributed by atoms with Gasteiger partial charge < -0.3 is 9.30 Å². The summed E-state index contributed by atoms with van der Waals surface area (Å²) in [5, 5.41) is 4.30. The molecule has 1 heterocycles. The molecule has 0 amide bonds. The molecule has 0 radical (unpaired) electrons. The van der Waals surface area contributed by atoms with Crippen LogP contribution in [0.25, 0.3) is 0 Å². The lowest BCUT2D eigenvalue weighted by atomic mass is 10.0. The van der Waals surface area contributed by atoms with Gasteiger partial charge in [-0.15, -0.1) is 0 Å². The van der Waals surface area contributed by atoms with Gasteiger partial charge in [0.2, 0.25) is 0 Å². The zero-order chi connectivity index (χ0) is 17.8. The molecule has 0 aliphatic heterocycles. The molecule has 25 heavy (non-hydrogen) atoms. The maximum Gasteiger partial charge on any atom is 0.130 e. The number of hydrogen-bond donors (Lipinski definition) is 1. The van der Waals surface area contributed by atoms with E-state index in [1.165, 1.54) is 5.56 Å². The molecule has 2 aromatic carbocycles. The average molecular weight is 356 g/mol. The van der Waals surface area contributed by atoms with E-state index in [0.717, 1.165) is 27.7 Å². The summed E-state index contributed by atoms with van der Waals surface area (Å²) in [6, 6.07) is 14.0. The van der Waals surface area contributed by atoms with Gasteiger partial charge in [-0.25, -0.2) is 4.98 Å². The first-order valence-electron chi connectivity index (χ1n) is 8.18. The minimum atomic E-state index is -0.111. The molecule has 0 saturated carbocycles. The number of nitrogens with one attached hydrogen (secondary N) is 1. The lowest BCUT2D eigenvalue weighted by Crippen LogP contribution is -2.25. The van der Waals surface area contributed by atoms with E-state index in [2.05, 4.69) is 29.4 Å². The second-order valence-corrected chi connectivity index (χ2v) is 6.45. The van der Waals surface area contributed by atoms with Gasteiger partial charge in [0.1, 0.15) is 11.6 Å². The third kappa shape index (κ3) is 3.86. The number of ether oxygens (including phenoxy) is 1. The highest BCUT2D eigenvalue weighted by atomic mass is 35.5. The third-order valence-corrected chi connectivity index (χ3v) is 4.62. The molecule has 5 heteroatoms. The highest BCUT2D eigenvalue weighted by Gasteiger charge is 2.20. The molecule has 0 aliphatic carbocycles. The number of aryl methyl sites for hydroxylation is 2. The van der Waals surface area contributed by atoms with Gasteiger partial charge in [-0.1, -0.05) is 41.9 Å². The fraction of sp³-hybridized carbons (Fsp3) is 0.250. The van der Waals surface area contributed by atoms with Crippen LogP contribution in [0, 0.1) is 6.92 Å². The molecular formula is C20H22ClN3O. The predicted molar refractivity (Wildman–Crippen MR) is 101 cm³/mol. The van der Waals surface area contributed by atoms with Gasteiger partial charge in [0, 0.05) is 36.6 Å². The van der Waals surface area contributed by atoms with E-state index >= 15 is 0 Å². The van der Waals surface area contributed by atoms with E-state index in [0.29, 0.717) is 6.54 Å². The minimum Gasteiger partial charge on any atom is -0.496 e. The summed E-state index contributed by atoms with van der Waals surface area (Å²) in [5.41, 5.74) is 3.27. The molecule has 0 unspecified atom stereocenters. The van der Waals surface area contributed by atoms with Crippen LogP contribution in [0.3, 0.4) is 0 Å². The van der Waals surface area contributed by atoms with Crippen molar-refractivity contribution >= 4 is 11.6 Å². The molecule has 0 aliphatic rings. The van der Waals surface area contributed by atoms with Crippen LogP contribution in [0.4, 0.5) is 0 Å². The first-order chi connectivity index (χ1) is 12.1. The van der Waals surface area contributed by atoms with E-state index in [1.807, 2.05) is 48.1 Å². The fourth-order valence-electron chi connectivity index (χ4n) is 2.91. The van der Waals surface area contributed by atoms with Crippen LogP contribution in [-0.2, 0) is 13.6 Å². The smallest absolute Gasteiger partial charge is 0.130 e. The molecule has 1 aromatic heterocycles. The van der Waals surface area contributed by atoms with Crippen molar-refractivity contribution in [2.24, 2.45) is 7.05 Å². The predicted octanol–water partition coefficient (Wildman–Crippen LogP) is 4.27.